The maximum absolute atomic E-state index is 14.0. The summed E-state index contributed by atoms with van der Waals surface area (Å²) in [4.78, 5) is 68.8. The Morgan fingerprint density at radius 3 is 2.25 bits per heavy atom. The summed E-state index contributed by atoms with van der Waals surface area (Å²) in [6.07, 6.45) is 2.21. The zero-order chi connectivity index (χ0) is 38.8. The smallest absolute Gasteiger partial charge is 0.323 e. The fourth-order valence-electron chi connectivity index (χ4n) is 5.25. The minimum absolute atomic E-state index is 0.00800. The molecule has 3 aromatic rings. The van der Waals surface area contributed by atoms with Crippen molar-refractivity contribution >= 4 is 107 Å². The first-order chi connectivity index (χ1) is 25.0. The number of carbonyl (C=O) groups excluding carboxylic acids is 1. The molecule has 5 rings (SSSR count). The normalized spacial score (nSPS) is 17.5. The Hall–Kier alpha value is -3.77. The van der Waals surface area contributed by atoms with Crippen molar-refractivity contribution in [3.63, 3.8) is 0 Å². The molecule has 16 nitrogen and oxygen atoms in total. The van der Waals surface area contributed by atoms with E-state index in [1.165, 1.54) is 30.8 Å². The molecule has 4 heterocycles. The van der Waals surface area contributed by atoms with Crippen molar-refractivity contribution in [3.05, 3.63) is 68.4 Å². The highest BCUT2D eigenvalue weighted by Gasteiger charge is 2.32. The molecule has 0 unspecified atom stereocenters. The number of amides is 1. The van der Waals surface area contributed by atoms with Crippen LogP contribution >= 0.6 is 58.4 Å². The number of carboxylic acid groups (broad SMARTS) is 2. The number of hydrogen-bond acceptors (Lipinski definition) is 15. The highest BCUT2D eigenvalue weighted by molar-refractivity contribution is 8.30. The van der Waals surface area contributed by atoms with E-state index in [0.717, 1.165) is 54.2 Å². The molecule has 2 aromatic heterocycles. The summed E-state index contributed by atoms with van der Waals surface area (Å²) in [5.74, 6) is -3.07. The summed E-state index contributed by atoms with van der Waals surface area (Å²) >= 11 is 9.22. The molecule has 53 heavy (non-hydrogen) atoms. The van der Waals surface area contributed by atoms with Gasteiger partial charge in [-0.3, -0.25) is 42.6 Å². The number of aliphatic carboxylic acids is 2. The van der Waals surface area contributed by atoms with Crippen molar-refractivity contribution in [1.82, 2.24) is 14.0 Å². The molecule has 0 radical (unpaired) electrons. The molecule has 1 aromatic carbocycles. The standard InChI is InChI=1S/C31H32N4O12S6/c1-4-16(12-20-33(8-10-47-9-5-11-53(43,44)45)18-13-17(46-3)6-7-19(18)49-20)23-27(41)34(14-21(36)37)30(50-23)25-28(42)35(15-22(38)39)29(51-25)24-26(40)32(2)31(48)52-24/h6-7,12-13H,4-5,8-11,14-15H2,1-3H3,(H,36,37)(H,38,39)(H,43,44,45)/b20-12?,23-16?,29-24?,30-25+. The number of anilines is 1. The first-order valence-corrected chi connectivity index (χ1v) is 20.9. The van der Waals surface area contributed by atoms with Gasteiger partial charge in [-0.05, 0) is 36.6 Å². The Morgan fingerprint density at radius 2 is 1.66 bits per heavy atom. The van der Waals surface area contributed by atoms with Gasteiger partial charge in [0.15, 0.2) is 0 Å². The number of benzene rings is 1. The molecule has 2 aliphatic rings. The van der Waals surface area contributed by atoms with E-state index in [9.17, 15) is 42.6 Å². The molecule has 0 saturated carbocycles. The van der Waals surface area contributed by atoms with Gasteiger partial charge in [0.25, 0.3) is 27.1 Å². The van der Waals surface area contributed by atoms with Crippen LogP contribution in [0.4, 0.5) is 5.69 Å². The molecule has 1 saturated heterocycles. The Bertz CT molecular complexity index is 2500. The van der Waals surface area contributed by atoms with Crippen molar-refractivity contribution in [2.45, 2.75) is 37.8 Å². The molecule has 2 aliphatic heterocycles. The van der Waals surface area contributed by atoms with Crippen molar-refractivity contribution in [2.75, 3.05) is 44.6 Å². The first-order valence-electron chi connectivity index (χ1n) is 15.6. The molecule has 22 heteroatoms. The maximum Gasteiger partial charge on any atom is 0.323 e. The number of ether oxygens (including phenoxy) is 2. The fraction of sp³-hybridized carbons (Fsp3) is 0.355. The largest absolute Gasteiger partial charge is 0.497 e. The number of allylic oxidation sites excluding steroid dienone is 1. The second-order valence-electron chi connectivity index (χ2n) is 11.3. The van der Waals surface area contributed by atoms with Gasteiger partial charge in [0, 0.05) is 31.2 Å². The average molecular weight is 845 g/mol. The van der Waals surface area contributed by atoms with Gasteiger partial charge in [0.2, 0.25) is 0 Å². The number of hydrogen-bond donors (Lipinski definition) is 3. The predicted octanol–water partition coefficient (Wildman–Crippen LogP) is 1.50. The number of thioether (sulfide) groups is 2. The number of thiazole rings is 2. The first kappa shape index (κ1) is 40.4. The lowest BCUT2D eigenvalue weighted by Gasteiger charge is -2.21. The van der Waals surface area contributed by atoms with Crippen LogP contribution in [0.2, 0.25) is 0 Å². The van der Waals surface area contributed by atoms with Gasteiger partial charge in [-0.15, -0.1) is 22.7 Å². The molecule has 1 fully saturated rings. The summed E-state index contributed by atoms with van der Waals surface area (Å²) < 4.78 is 44.3. The van der Waals surface area contributed by atoms with E-state index in [-0.39, 0.29) is 47.3 Å². The summed E-state index contributed by atoms with van der Waals surface area (Å²) in [5, 5.41) is 20.1. The van der Waals surface area contributed by atoms with E-state index in [2.05, 4.69) is 0 Å². The van der Waals surface area contributed by atoms with Gasteiger partial charge in [0.05, 0.1) is 34.7 Å². The minimum Gasteiger partial charge on any atom is -0.497 e. The van der Waals surface area contributed by atoms with Crippen LogP contribution in [0.5, 0.6) is 5.75 Å². The number of thiocarbonyl (C=S) groups is 1. The second-order valence-corrected chi connectivity index (χ2v) is 17.6. The van der Waals surface area contributed by atoms with Crippen molar-refractivity contribution in [2.24, 2.45) is 0 Å². The van der Waals surface area contributed by atoms with Crippen LogP contribution in [0.1, 0.15) is 19.8 Å². The summed E-state index contributed by atoms with van der Waals surface area (Å²) in [7, 11) is -1.13. The molecule has 0 spiro atoms. The fourth-order valence-corrected chi connectivity index (χ4v) is 10.7. The van der Waals surface area contributed by atoms with Crippen LogP contribution in [-0.2, 0) is 42.3 Å². The van der Waals surface area contributed by atoms with Crippen LogP contribution in [-0.4, -0.2) is 99.1 Å². The molecule has 284 valence electrons. The number of aromatic nitrogens is 2. The highest BCUT2D eigenvalue weighted by Crippen LogP contribution is 2.47. The second kappa shape index (κ2) is 16.7. The summed E-state index contributed by atoms with van der Waals surface area (Å²) in [6, 6.07) is 5.51. The van der Waals surface area contributed by atoms with Crippen molar-refractivity contribution in [1.29, 1.82) is 0 Å². The SMILES string of the molecule is CCC(C=C1Sc2ccc(OC)cc2N1CCOCCCS(=O)(=O)O)=c1s/c(=c2/sc(=C3SC(=S)N(C)C3=O)n(CC(=O)O)c2=O)n(CC(=O)O)c1=O. The molecule has 3 N–H and O–H groups in total. The molecule has 0 bridgehead atoms. The number of nitrogens with zero attached hydrogens (tertiary/aromatic N) is 4. The lowest BCUT2D eigenvalue weighted by Crippen LogP contribution is -2.32. The molecular formula is C31H32N4O12S6. The van der Waals surface area contributed by atoms with Gasteiger partial charge >= 0.3 is 11.9 Å². The lowest BCUT2D eigenvalue weighted by molar-refractivity contribution is -0.138. The Morgan fingerprint density at radius 1 is 0.981 bits per heavy atom. The van der Waals surface area contributed by atoms with Gasteiger partial charge in [-0.1, -0.05) is 42.7 Å². The Balaban J connectivity index is 1.70. The highest BCUT2D eigenvalue weighted by atomic mass is 32.2. The molecule has 0 aliphatic carbocycles. The van der Waals surface area contributed by atoms with Crippen LogP contribution < -0.4 is 30.0 Å². The van der Waals surface area contributed by atoms with Crippen molar-refractivity contribution in [3.8, 4) is 5.75 Å². The third-order valence-corrected chi connectivity index (χ3v) is 13.9. The molecule has 1 amide bonds. The molecular weight excluding hydrogens is 813 g/mol. The number of fused-ring (bicyclic) bond motifs is 1. The van der Waals surface area contributed by atoms with Gasteiger partial charge in [-0.2, -0.15) is 8.42 Å². The molecule has 0 atom stereocenters. The lowest BCUT2D eigenvalue weighted by atomic mass is 10.2. The van der Waals surface area contributed by atoms with Crippen molar-refractivity contribution < 1.29 is 47.0 Å². The van der Waals surface area contributed by atoms with E-state index in [1.807, 2.05) is 24.0 Å². The summed E-state index contributed by atoms with van der Waals surface area (Å²) in [6.45, 7) is 0.818. The number of rotatable bonds is 14. The van der Waals surface area contributed by atoms with E-state index in [1.54, 1.807) is 12.1 Å². The van der Waals surface area contributed by atoms with E-state index in [0.29, 0.717) is 29.3 Å². The van der Waals surface area contributed by atoms with Crippen LogP contribution in [0.25, 0.3) is 10.5 Å². The van der Waals surface area contributed by atoms with Crippen LogP contribution in [0, 0.1) is 9.20 Å². The van der Waals surface area contributed by atoms with E-state index in [4.69, 9.17) is 26.2 Å². The maximum atomic E-state index is 14.0. The average Bonchev–Trinajstić information content (AvgIpc) is 3.78. The predicted molar refractivity (Wildman–Crippen MR) is 206 cm³/mol. The third-order valence-electron chi connectivity index (χ3n) is 7.76. The minimum atomic E-state index is -4.12. The zero-order valence-corrected chi connectivity index (χ0v) is 33.1. The van der Waals surface area contributed by atoms with Gasteiger partial charge < -0.3 is 24.6 Å². The number of carboxylic acids is 2. The summed E-state index contributed by atoms with van der Waals surface area (Å²) in [5.41, 5.74) is -0.163. The zero-order valence-electron chi connectivity index (χ0n) is 28.2. The topological polar surface area (TPSA) is 215 Å². The van der Waals surface area contributed by atoms with Crippen LogP contribution in [0.3, 0.4) is 0 Å². The Kier molecular flexibility index (Phi) is 12.7. The third kappa shape index (κ3) is 8.96. The van der Waals surface area contributed by atoms with Gasteiger partial charge in [-0.25, -0.2) is 0 Å². The van der Waals surface area contributed by atoms with Gasteiger partial charge in [0.1, 0.15) is 41.9 Å². The monoisotopic (exact) mass is 844 g/mol. The van der Waals surface area contributed by atoms with E-state index >= 15 is 0 Å². The number of carbonyl (C=O) groups is 3. The quantitative estimate of drug-likeness (QED) is 0.119. The van der Waals surface area contributed by atoms with E-state index < -0.39 is 57.9 Å². The Labute approximate surface area is 322 Å². The number of methoxy groups -OCH3 is 1. The van der Waals surface area contributed by atoms with Crippen LogP contribution in [0.15, 0.2) is 43.8 Å².